The second-order valence-corrected chi connectivity index (χ2v) is 8.46. The molecule has 1 aromatic carbocycles. The lowest BCUT2D eigenvalue weighted by atomic mass is 10.2. The summed E-state index contributed by atoms with van der Waals surface area (Å²) in [6.07, 6.45) is 3.44. The van der Waals surface area contributed by atoms with E-state index in [1.165, 1.54) is 35.7 Å². The average Bonchev–Trinajstić information content (AvgIpc) is 3.15. The smallest absolute Gasteiger partial charge is 0.322 e. The third-order valence-electron chi connectivity index (χ3n) is 4.23. The Labute approximate surface area is 171 Å². The summed E-state index contributed by atoms with van der Waals surface area (Å²) in [7, 11) is -2.11. The molecule has 29 heavy (non-hydrogen) atoms. The third kappa shape index (κ3) is 6.34. The molecule has 0 aliphatic heterocycles. The molecule has 0 saturated carbocycles. The van der Waals surface area contributed by atoms with Gasteiger partial charge in [0.25, 0.3) is 5.91 Å². The lowest BCUT2D eigenvalue weighted by Crippen LogP contribution is -2.33. The number of hydrogen-bond acceptors (Lipinski definition) is 7. The van der Waals surface area contributed by atoms with E-state index in [-0.39, 0.29) is 29.0 Å². The first-order chi connectivity index (χ1) is 13.9. The maximum absolute atomic E-state index is 13.0. The number of amides is 1. The molecule has 0 aliphatic rings. The highest BCUT2D eigenvalue weighted by molar-refractivity contribution is 7.89. The predicted molar refractivity (Wildman–Crippen MR) is 108 cm³/mol. The van der Waals surface area contributed by atoms with Gasteiger partial charge in [-0.25, -0.2) is 8.42 Å². The number of aromatic nitrogens is 2. The fourth-order valence-electron chi connectivity index (χ4n) is 2.60. The van der Waals surface area contributed by atoms with Gasteiger partial charge in [-0.15, -0.1) is 5.10 Å². The molecule has 0 atom stereocenters. The van der Waals surface area contributed by atoms with Crippen molar-refractivity contribution < 1.29 is 22.4 Å². The van der Waals surface area contributed by atoms with E-state index in [2.05, 4.69) is 15.5 Å². The summed E-state index contributed by atoms with van der Waals surface area (Å²) in [5, 5.41) is 9.91. The fourth-order valence-corrected chi connectivity index (χ4v) is 4.12. The van der Waals surface area contributed by atoms with Crippen LogP contribution in [-0.4, -0.2) is 49.0 Å². The normalized spacial score (nSPS) is 11.7. The molecular formula is C19H28N4O5S. The van der Waals surface area contributed by atoms with Gasteiger partial charge >= 0.3 is 6.01 Å². The molecule has 0 saturated heterocycles. The monoisotopic (exact) mass is 424 g/mol. The van der Waals surface area contributed by atoms with Gasteiger partial charge in [-0.05, 0) is 37.1 Å². The second-order valence-electron chi connectivity index (χ2n) is 6.52. The van der Waals surface area contributed by atoms with Crippen LogP contribution in [-0.2, 0) is 21.4 Å². The van der Waals surface area contributed by atoms with Crippen molar-refractivity contribution in [1.29, 1.82) is 0 Å². The van der Waals surface area contributed by atoms with Crippen molar-refractivity contribution in [3.05, 3.63) is 35.7 Å². The largest absolute Gasteiger partial charge is 0.405 e. The highest BCUT2D eigenvalue weighted by Crippen LogP contribution is 2.19. The molecule has 0 fully saturated rings. The Morgan fingerprint density at radius 2 is 1.72 bits per heavy atom. The molecule has 1 N–H and O–H groups in total. The van der Waals surface area contributed by atoms with Crippen LogP contribution in [0.3, 0.4) is 0 Å². The molecule has 0 spiro atoms. The van der Waals surface area contributed by atoms with Crippen molar-refractivity contribution in [2.45, 2.75) is 51.0 Å². The first-order valence-corrected chi connectivity index (χ1v) is 11.1. The zero-order valence-electron chi connectivity index (χ0n) is 17.1. The number of benzene rings is 1. The van der Waals surface area contributed by atoms with Crippen LogP contribution in [0.15, 0.2) is 33.6 Å². The number of anilines is 1. The first-order valence-electron chi connectivity index (χ1n) is 9.65. The average molecular weight is 425 g/mol. The molecule has 160 valence electrons. The number of nitrogens with zero attached hydrogens (tertiary/aromatic N) is 3. The summed E-state index contributed by atoms with van der Waals surface area (Å²) >= 11 is 0. The second kappa shape index (κ2) is 11.0. The van der Waals surface area contributed by atoms with E-state index in [1.54, 1.807) is 0 Å². The highest BCUT2D eigenvalue weighted by atomic mass is 32.2. The molecule has 0 aliphatic carbocycles. The fraction of sp³-hybridized carbons (Fsp3) is 0.526. The molecule has 1 aromatic heterocycles. The molecule has 2 rings (SSSR count). The third-order valence-corrected chi connectivity index (χ3v) is 6.14. The van der Waals surface area contributed by atoms with Crippen LogP contribution in [0.25, 0.3) is 0 Å². The molecule has 2 aromatic rings. The molecule has 0 radical (unpaired) electrons. The van der Waals surface area contributed by atoms with Gasteiger partial charge in [0, 0.05) is 25.8 Å². The number of carbonyl (C=O) groups is 1. The van der Waals surface area contributed by atoms with Gasteiger partial charge in [0.15, 0.2) is 0 Å². The molecule has 0 unspecified atom stereocenters. The summed E-state index contributed by atoms with van der Waals surface area (Å²) in [5.41, 5.74) is 0.282. The van der Waals surface area contributed by atoms with Crippen LogP contribution < -0.4 is 5.32 Å². The van der Waals surface area contributed by atoms with E-state index in [1.807, 2.05) is 13.8 Å². The van der Waals surface area contributed by atoms with E-state index in [4.69, 9.17) is 9.15 Å². The van der Waals surface area contributed by atoms with Crippen molar-refractivity contribution in [3.63, 3.8) is 0 Å². The number of carbonyl (C=O) groups excluding carboxylic acids is 1. The number of unbranched alkanes of at least 4 members (excludes halogenated alkanes) is 2. The van der Waals surface area contributed by atoms with Crippen LogP contribution in [0.4, 0.5) is 6.01 Å². The number of sulfonamides is 1. The minimum Gasteiger partial charge on any atom is -0.405 e. The van der Waals surface area contributed by atoms with Gasteiger partial charge in [-0.3, -0.25) is 10.1 Å². The Morgan fingerprint density at radius 1 is 1.10 bits per heavy atom. The summed E-state index contributed by atoms with van der Waals surface area (Å²) in [6, 6.07) is 5.77. The molecule has 10 heteroatoms. The van der Waals surface area contributed by atoms with E-state index in [9.17, 15) is 13.2 Å². The van der Waals surface area contributed by atoms with Crippen LogP contribution >= 0.6 is 0 Å². The van der Waals surface area contributed by atoms with Gasteiger partial charge < -0.3 is 9.15 Å². The van der Waals surface area contributed by atoms with Crippen molar-refractivity contribution in [2.24, 2.45) is 0 Å². The molecule has 1 amide bonds. The zero-order valence-corrected chi connectivity index (χ0v) is 17.9. The van der Waals surface area contributed by atoms with Crippen molar-refractivity contribution in [1.82, 2.24) is 14.5 Å². The standard InChI is InChI=1S/C19H28N4O5S/c1-4-6-12-23(13-7-5-2)29(25,26)16-10-8-15(9-11-16)18(24)20-19-22-21-17(28-19)14-27-3/h8-11H,4-7,12-14H2,1-3H3,(H,20,22,24). The van der Waals surface area contributed by atoms with E-state index in [0.717, 1.165) is 25.7 Å². The van der Waals surface area contributed by atoms with Gasteiger partial charge in [0.2, 0.25) is 15.9 Å². The Morgan fingerprint density at radius 3 is 2.28 bits per heavy atom. The Hall–Kier alpha value is -2.30. The summed E-state index contributed by atoms with van der Waals surface area (Å²) in [4.78, 5) is 12.5. The molecule has 1 heterocycles. The maximum Gasteiger partial charge on any atom is 0.322 e. The Kier molecular flexibility index (Phi) is 8.74. The van der Waals surface area contributed by atoms with E-state index in [0.29, 0.717) is 13.1 Å². The Balaban J connectivity index is 2.10. The summed E-state index contributed by atoms with van der Waals surface area (Å²) in [5.74, 6) is -0.237. The van der Waals surface area contributed by atoms with Crippen LogP contribution in [0.1, 0.15) is 55.8 Å². The lowest BCUT2D eigenvalue weighted by Gasteiger charge is -2.22. The summed E-state index contributed by atoms with van der Waals surface area (Å²) in [6.45, 7) is 5.17. The number of ether oxygens (including phenoxy) is 1. The number of methoxy groups -OCH3 is 1. The maximum atomic E-state index is 13.0. The minimum atomic E-state index is -3.60. The zero-order chi connectivity index (χ0) is 21.3. The van der Waals surface area contributed by atoms with Gasteiger partial charge in [-0.2, -0.15) is 4.31 Å². The van der Waals surface area contributed by atoms with Crippen LogP contribution in [0.5, 0.6) is 0 Å². The topological polar surface area (TPSA) is 115 Å². The van der Waals surface area contributed by atoms with Crippen molar-refractivity contribution >= 4 is 21.9 Å². The molecular weight excluding hydrogens is 396 g/mol. The number of nitrogens with one attached hydrogen (secondary N) is 1. The van der Waals surface area contributed by atoms with E-state index >= 15 is 0 Å². The SMILES string of the molecule is CCCCN(CCCC)S(=O)(=O)c1ccc(C(=O)Nc2nnc(COC)o2)cc1. The van der Waals surface area contributed by atoms with Crippen molar-refractivity contribution in [2.75, 3.05) is 25.5 Å². The number of rotatable bonds is 12. The quantitative estimate of drug-likeness (QED) is 0.557. The Bertz CT molecular complexity index is 872. The first kappa shape index (κ1) is 23.0. The van der Waals surface area contributed by atoms with Crippen LogP contribution in [0, 0.1) is 0 Å². The lowest BCUT2D eigenvalue weighted by molar-refractivity contribution is 0.102. The summed E-state index contributed by atoms with van der Waals surface area (Å²) < 4.78 is 37.5. The molecule has 9 nitrogen and oxygen atoms in total. The van der Waals surface area contributed by atoms with E-state index < -0.39 is 15.9 Å². The van der Waals surface area contributed by atoms with Crippen molar-refractivity contribution in [3.8, 4) is 0 Å². The predicted octanol–water partition coefficient (Wildman–Crippen LogP) is 3.06. The van der Waals surface area contributed by atoms with Gasteiger partial charge in [0.05, 0.1) is 4.90 Å². The van der Waals surface area contributed by atoms with Gasteiger partial charge in [0.1, 0.15) is 6.61 Å². The highest BCUT2D eigenvalue weighted by Gasteiger charge is 2.24. The van der Waals surface area contributed by atoms with Gasteiger partial charge in [-0.1, -0.05) is 31.8 Å². The minimum absolute atomic E-state index is 0.0518. The molecule has 0 bridgehead atoms. The number of hydrogen-bond donors (Lipinski definition) is 1. The van der Waals surface area contributed by atoms with Crippen LogP contribution in [0.2, 0.25) is 0 Å².